The molecule has 2 rings (SSSR count). The maximum atomic E-state index is 13.4. The number of rotatable bonds is 2. The summed E-state index contributed by atoms with van der Waals surface area (Å²) in [6.45, 7) is 4.34. The van der Waals surface area contributed by atoms with Crippen LogP contribution >= 0.6 is 27.7 Å². The quantitative estimate of drug-likeness (QED) is 0.798. The standard InChI is InChI=1S/C12H16BrFN2O2S2/c1-7-8(2)19-4-3-16(7)20(17,18)12-6-11(15)10(14)5-9(12)13/h5-8H,3-4,15H2,1-2H3. The Bertz CT molecular complexity index is 624. The zero-order valence-electron chi connectivity index (χ0n) is 11.1. The van der Waals surface area contributed by atoms with Gasteiger partial charge in [-0.15, -0.1) is 0 Å². The number of sulfonamides is 1. The normalized spacial score (nSPS) is 24.8. The summed E-state index contributed by atoms with van der Waals surface area (Å²) in [5.74, 6) is 0.116. The molecule has 0 radical (unpaired) electrons. The first-order valence-corrected chi connectivity index (χ1v) is 9.41. The largest absolute Gasteiger partial charge is 0.396 e. The van der Waals surface area contributed by atoms with Crippen molar-refractivity contribution in [2.75, 3.05) is 18.0 Å². The molecule has 112 valence electrons. The molecule has 0 saturated carbocycles. The number of hydrogen-bond donors (Lipinski definition) is 1. The van der Waals surface area contributed by atoms with Gasteiger partial charge in [-0.05, 0) is 35.0 Å². The molecule has 0 spiro atoms. The Kier molecular flexibility index (Phi) is 4.68. The monoisotopic (exact) mass is 382 g/mol. The number of benzene rings is 1. The predicted molar refractivity (Wildman–Crippen MR) is 83.8 cm³/mol. The van der Waals surface area contributed by atoms with Gasteiger partial charge in [0.2, 0.25) is 10.0 Å². The third-order valence-corrected chi connectivity index (χ3v) is 7.75. The Hall–Kier alpha value is -0.310. The number of nitrogen functional groups attached to an aromatic ring is 1. The fourth-order valence-electron chi connectivity index (χ4n) is 2.11. The van der Waals surface area contributed by atoms with Gasteiger partial charge in [0.15, 0.2) is 0 Å². The van der Waals surface area contributed by atoms with Gasteiger partial charge in [0.05, 0.1) is 10.6 Å². The zero-order chi connectivity index (χ0) is 15.1. The lowest BCUT2D eigenvalue weighted by molar-refractivity contribution is 0.340. The molecule has 1 aliphatic heterocycles. The zero-order valence-corrected chi connectivity index (χ0v) is 14.4. The molecule has 4 nitrogen and oxygen atoms in total. The summed E-state index contributed by atoms with van der Waals surface area (Å²) in [6, 6.07) is 2.15. The molecule has 1 aromatic rings. The third-order valence-electron chi connectivity index (χ3n) is 3.46. The van der Waals surface area contributed by atoms with Gasteiger partial charge in [0.1, 0.15) is 5.82 Å². The predicted octanol–water partition coefficient (Wildman–Crippen LogP) is 2.68. The Morgan fingerprint density at radius 3 is 2.75 bits per heavy atom. The van der Waals surface area contributed by atoms with E-state index < -0.39 is 15.8 Å². The van der Waals surface area contributed by atoms with Crippen molar-refractivity contribution in [1.29, 1.82) is 0 Å². The van der Waals surface area contributed by atoms with Gasteiger partial charge in [-0.25, -0.2) is 12.8 Å². The van der Waals surface area contributed by atoms with Crippen LogP contribution in [0.5, 0.6) is 0 Å². The van der Waals surface area contributed by atoms with Crippen LogP contribution in [0.25, 0.3) is 0 Å². The number of anilines is 1. The molecule has 2 N–H and O–H groups in total. The molecular weight excluding hydrogens is 367 g/mol. The van der Waals surface area contributed by atoms with E-state index in [4.69, 9.17) is 5.73 Å². The van der Waals surface area contributed by atoms with Crippen LogP contribution in [-0.2, 0) is 10.0 Å². The van der Waals surface area contributed by atoms with E-state index >= 15 is 0 Å². The van der Waals surface area contributed by atoms with Crippen molar-refractivity contribution in [2.24, 2.45) is 0 Å². The van der Waals surface area contributed by atoms with Crippen molar-refractivity contribution in [3.63, 3.8) is 0 Å². The summed E-state index contributed by atoms with van der Waals surface area (Å²) >= 11 is 4.86. The van der Waals surface area contributed by atoms with Crippen LogP contribution < -0.4 is 5.73 Å². The highest BCUT2D eigenvalue weighted by Crippen LogP contribution is 2.33. The third kappa shape index (κ3) is 2.84. The van der Waals surface area contributed by atoms with Crippen LogP contribution in [0.4, 0.5) is 10.1 Å². The lowest BCUT2D eigenvalue weighted by atomic mass is 10.2. The fraction of sp³-hybridized carbons (Fsp3) is 0.500. The summed E-state index contributed by atoms with van der Waals surface area (Å²) < 4.78 is 40.5. The minimum absolute atomic E-state index is 0.0161. The Labute approximate surface area is 131 Å². The molecule has 20 heavy (non-hydrogen) atoms. The van der Waals surface area contributed by atoms with Crippen molar-refractivity contribution in [3.8, 4) is 0 Å². The first kappa shape index (κ1) is 16.1. The van der Waals surface area contributed by atoms with E-state index in [1.807, 2.05) is 13.8 Å². The molecule has 0 bridgehead atoms. The second-order valence-electron chi connectivity index (χ2n) is 4.74. The fourth-order valence-corrected chi connectivity index (χ4v) is 6.12. The Morgan fingerprint density at radius 1 is 1.45 bits per heavy atom. The van der Waals surface area contributed by atoms with Crippen LogP contribution in [-0.4, -0.2) is 36.3 Å². The summed E-state index contributed by atoms with van der Waals surface area (Å²) in [6.07, 6.45) is 0. The lowest BCUT2D eigenvalue weighted by Gasteiger charge is -2.36. The summed E-state index contributed by atoms with van der Waals surface area (Å²) in [5, 5.41) is 0.218. The van der Waals surface area contributed by atoms with Crippen LogP contribution in [0.2, 0.25) is 0 Å². The van der Waals surface area contributed by atoms with E-state index in [1.165, 1.54) is 10.4 Å². The Balaban J connectivity index is 2.47. The van der Waals surface area contributed by atoms with E-state index in [9.17, 15) is 12.8 Å². The van der Waals surface area contributed by atoms with Gasteiger partial charge in [0.25, 0.3) is 0 Å². The number of nitrogens with zero attached hydrogens (tertiary/aromatic N) is 1. The lowest BCUT2D eigenvalue weighted by Crippen LogP contribution is -2.47. The van der Waals surface area contributed by atoms with Crippen molar-refractivity contribution in [1.82, 2.24) is 4.31 Å². The van der Waals surface area contributed by atoms with Crippen LogP contribution in [0, 0.1) is 5.82 Å². The van der Waals surface area contributed by atoms with Crippen LogP contribution in [0.15, 0.2) is 21.5 Å². The maximum Gasteiger partial charge on any atom is 0.244 e. The SMILES string of the molecule is CC1SCCN(S(=O)(=O)c2cc(N)c(F)cc2Br)C1C. The average Bonchev–Trinajstić information content (AvgIpc) is 2.36. The molecule has 1 fully saturated rings. The number of thioether (sulfide) groups is 1. The highest BCUT2D eigenvalue weighted by molar-refractivity contribution is 9.10. The second-order valence-corrected chi connectivity index (χ2v) is 8.93. The molecule has 0 aliphatic carbocycles. The summed E-state index contributed by atoms with van der Waals surface area (Å²) in [7, 11) is -3.69. The van der Waals surface area contributed by atoms with E-state index in [1.54, 1.807) is 11.8 Å². The topological polar surface area (TPSA) is 63.4 Å². The van der Waals surface area contributed by atoms with Gasteiger partial charge >= 0.3 is 0 Å². The minimum Gasteiger partial charge on any atom is -0.396 e. The van der Waals surface area contributed by atoms with Crippen molar-refractivity contribution in [2.45, 2.75) is 30.0 Å². The first-order chi connectivity index (χ1) is 9.25. The van der Waals surface area contributed by atoms with Crippen LogP contribution in [0.1, 0.15) is 13.8 Å². The Morgan fingerprint density at radius 2 is 2.10 bits per heavy atom. The van der Waals surface area contributed by atoms with Crippen molar-refractivity contribution >= 4 is 43.4 Å². The van der Waals surface area contributed by atoms with Gasteiger partial charge in [-0.3, -0.25) is 0 Å². The maximum absolute atomic E-state index is 13.4. The summed E-state index contributed by atoms with van der Waals surface area (Å²) in [4.78, 5) is 0.0161. The highest BCUT2D eigenvalue weighted by atomic mass is 79.9. The molecule has 2 atom stereocenters. The van der Waals surface area contributed by atoms with Crippen LogP contribution in [0.3, 0.4) is 0 Å². The van der Waals surface area contributed by atoms with Gasteiger partial charge in [-0.1, -0.05) is 6.92 Å². The number of halogens is 2. The number of nitrogens with two attached hydrogens (primary N) is 1. The summed E-state index contributed by atoms with van der Waals surface area (Å²) in [5.41, 5.74) is 5.33. The van der Waals surface area contributed by atoms with Gasteiger partial charge in [-0.2, -0.15) is 16.1 Å². The smallest absolute Gasteiger partial charge is 0.244 e. The molecule has 0 amide bonds. The molecule has 1 heterocycles. The minimum atomic E-state index is -3.69. The number of hydrogen-bond acceptors (Lipinski definition) is 4. The van der Waals surface area contributed by atoms with E-state index in [-0.39, 0.29) is 26.3 Å². The molecule has 1 aliphatic rings. The van der Waals surface area contributed by atoms with Crippen molar-refractivity contribution < 1.29 is 12.8 Å². The van der Waals surface area contributed by atoms with E-state index in [2.05, 4.69) is 15.9 Å². The molecule has 2 unspecified atom stereocenters. The molecule has 1 saturated heterocycles. The average molecular weight is 383 g/mol. The second kappa shape index (κ2) is 5.82. The molecule has 0 aromatic heterocycles. The van der Waals surface area contributed by atoms with E-state index in [0.29, 0.717) is 6.54 Å². The van der Waals surface area contributed by atoms with Gasteiger partial charge < -0.3 is 5.73 Å². The van der Waals surface area contributed by atoms with E-state index in [0.717, 1.165) is 11.8 Å². The molecule has 1 aromatic carbocycles. The van der Waals surface area contributed by atoms with Gasteiger partial charge in [0, 0.05) is 28.1 Å². The molecule has 8 heteroatoms. The highest BCUT2D eigenvalue weighted by Gasteiger charge is 2.36. The van der Waals surface area contributed by atoms with Crippen molar-refractivity contribution in [3.05, 3.63) is 22.4 Å². The molecular formula is C12H16BrFN2O2S2. The first-order valence-electron chi connectivity index (χ1n) is 6.13.